The second-order valence-corrected chi connectivity index (χ2v) is 8.69. The zero-order valence-corrected chi connectivity index (χ0v) is 16.4. The standard InChI is InChI=1S/C25H30O3/c26-21-11-15-24(16-12-21,19-7-3-1-4-8-19)23(28)25(17-13-22(27)14-18-25)20-9-5-2-6-10-20/h1-10,21-22,26-27H,11-18H2. The largest absolute Gasteiger partial charge is 0.393 e. The molecule has 0 atom stereocenters. The summed E-state index contributed by atoms with van der Waals surface area (Å²) >= 11 is 0. The van der Waals surface area contributed by atoms with E-state index < -0.39 is 10.8 Å². The maximum Gasteiger partial charge on any atom is 0.153 e. The fourth-order valence-electron chi connectivity index (χ4n) is 5.46. The lowest BCUT2D eigenvalue weighted by atomic mass is 9.55. The lowest BCUT2D eigenvalue weighted by molar-refractivity contribution is -0.134. The van der Waals surface area contributed by atoms with Crippen molar-refractivity contribution in [3.63, 3.8) is 0 Å². The van der Waals surface area contributed by atoms with E-state index in [2.05, 4.69) is 24.3 Å². The summed E-state index contributed by atoms with van der Waals surface area (Å²) in [4.78, 5) is 14.4. The van der Waals surface area contributed by atoms with Crippen molar-refractivity contribution in [3.05, 3.63) is 71.8 Å². The third kappa shape index (κ3) is 3.31. The minimum atomic E-state index is -0.557. The van der Waals surface area contributed by atoms with Gasteiger partial charge in [0, 0.05) is 0 Å². The fraction of sp³-hybridized carbons (Fsp3) is 0.480. The summed E-state index contributed by atoms with van der Waals surface area (Å²) in [6, 6.07) is 20.3. The van der Waals surface area contributed by atoms with Crippen molar-refractivity contribution in [1.82, 2.24) is 0 Å². The van der Waals surface area contributed by atoms with Crippen LogP contribution in [0.1, 0.15) is 62.5 Å². The van der Waals surface area contributed by atoms with Gasteiger partial charge in [0.2, 0.25) is 0 Å². The van der Waals surface area contributed by atoms with E-state index in [0.29, 0.717) is 51.4 Å². The van der Waals surface area contributed by atoms with Crippen LogP contribution in [0.4, 0.5) is 0 Å². The van der Waals surface area contributed by atoms with Gasteiger partial charge < -0.3 is 10.2 Å². The highest BCUT2D eigenvalue weighted by Crippen LogP contribution is 2.50. The molecule has 28 heavy (non-hydrogen) atoms. The van der Waals surface area contributed by atoms with Crippen LogP contribution in [0.2, 0.25) is 0 Å². The van der Waals surface area contributed by atoms with Gasteiger partial charge in [0.25, 0.3) is 0 Å². The quantitative estimate of drug-likeness (QED) is 0.834. The molecular formula is C25H30O3. The molecule has 0 saturated heterocycles. The number of hydrogen-bond donors (Lipinski definition) is 2. The number of aliphatic hydroxyl groups excluding tert-OH is 2. The van der Waals surface area contributed by atoms with Crippen LogP contribution >= 0.6 is 0 Å². The Morgan fingerprint density at radius 2 is 0.964 bits per heavy atom. The lowest BCUT2D eigenvalue weighted by Gasteiger charge is -2.47. The number of carbonyl (C=O) groups excluding carboxylic acids is 1. The third-order valence-corrected chi connectivity index (χ3v) is 7.14. The molecule has 0 spiro atoms. The maximum atomic E-state index is 14.4. The smallest absolute Gasteiger partial charge is 0.153 e. The number of hydrogen-bond acceptors (Lipinski definition) is 3. The van der Waals surface area contributed by atoms with Crippen LogP contribution in [0.3, 0.4) is 0 Å². The van der Waals surface area contributed by atoms with E-state index in [1.54, 1.807) is 0 Å². The fourth-order valence-corrected chi connectivity index (χ4v) is 5.46. The van der Waals surface area contributed by atoms with Gasteiger partial charge in [-0.3, -0.25) is 4.79 Å². The molecule has 2 aromatic rings. The average Bonchev–Trinajstić information content (AvgIpc) is 2.76. The highest BCUT2D eigenvalue weighted by atomic mass is 16.3. The van der Waals surface area contributed by atoms with Crippen LogP contribution in [0.5, 0.6) is 0 Å². The van der Waals surface area contributed by atoms with Crippen molar-refractivity contribution in [2.24, 2.45) is 0 Å². The van der Waals surface area contributed by atoms with E-state index in [-0.39, 0.29) is 18.0 Å². The van der Waals surface area contributed by atoms with E-state index in [1.807, 2.05) is 36.4 Å². The Morgan fingerprint density at radius 1 is 0.643 bits per heavy atom. The third-order valence-electron chi connectivity index (χ3n) is 7.14. The molecule has 4 rings (SSSR count). The molecule has 0 bridgehead atoms. The molecule has 2 fully saturated rings. The molecule has 3 heteroatoms. The van der Waals surface area contributed by atoms with Crippen molar-refractivity contribution in [2.75, 3.05) is 0 Å². The molecule has 2 N–H and O–H groups in total. The Hall–Kier alpha value is -1.97. The summed E-state index contributed by atoms with van der Waals surface area (Å²) in [6.45, 7) is 0. The van der Waals surface area contributed by atoms with E-state index in [0.717, 1.165) is 11.1 Å². The maximum absolute atomic E-state index is 14.4. The van der Waals surface area contributed by atoms with Gasteiger partial charge in [-0.25, -0.2) is 0 Å². The highest BCUT2D eigenvalue weighted by Gasteiger charge is 2.53. The van der Waals surface area contributed by atoms with Gasteiger partial charge in [0.15, 0.2) is 5.78 Å². The number of Topliss-reactive ketones (excluding diaryl/α,β-unsaturated/α-hetero) is 1. The molecule has 0 heterocycles. The van der Waals surface area contributed by atoms with Crippen LogP contribution in [-0.4, -0.2) is 28.2 Å². The number of carbonyl (C=O) groups is 1. The summed E-state index contributed by atoms with van der Waals surface area (Å²) in [5, 5.41) is 20.3. The van der Waals surface area contributed by atoms with Gasteiger partial charge in [-0.1, -0.05) is 60.7 Å². The number of benzene rings is 2. The minimum Gasteiger partial charge on any atom is -0.393 e. The second-order valence-electron chi connectivity index (χ2n) is 8.69. The first-order valence-corrected chi connectivity index (χ1v) is 10.6. The molecule has 2 aliphatic rings. The molecule has 0 radical (unpaired) electrons. The lowest BCUT2D eigenvalue weighted by Crippen LogP contribution is -2.53. The Labute approximate surface area is 167 Å². The Kier molecular flexibility index (Phi) is 5.39. The zero-order valence-electron chi connectivity index (χ0n) is 16.4. The van der Waals surface area contributed by atoms with Crippen molar-refractivity contribution < 1.29 is 15.0 Å². The summed E-state index contributed by atoms with van der Waals surface area (Å²) < 4.78 is 0. The number of rotatable bonds is 4. The molecule has 2 aliphatic carbocycles. The van der Waals surface area contributed by atoms with E-state index in [9.17, 15) is 15.0 Å². The predicted octanol–water partition coefficient (Wildman–Crippen LogP) is 4.30. The van der Waals surface area contributed by atoms with Gasteiger partial charge in [-0.15, -0.1) is 0 Å². The van der Waals surface area contributed by atoms with Gasteiger partial charge in [0.05, 0.1) is 23.0 Å². The first kappa shape index (κ1) is 19.4. The monoisotopic (exact) mass is 378 g/mol. The molecule has 148 valence electrons. The molecule has 0 amide bonds. The van der Waals surface area contributed by atoms with E-state index in [1.165, 1.54) is 0 Å². The summed E-state index contributed by atoms with van der Waals surface area (Å²) in [7, 11) is 0. The van der Waals surface area contributed by atoms with E-state index in [4.69, 9.17) is 0 Å². The Bertz CT molecular complexity index is 716. The van der Waals surface area contributed by atoms with Crippen LogP contribution in [0.25, 0.3) is 0 Å². The van der Waals surface area contributed by atoms with Gasteiger partial charge in [-0.05, 0) is 62.5 Å². The summed E-state index contributed by atoms with van der Waals surface area (Å²) in [5.74, 6) is 0.288. The molecule has 0 aliphatic heterocycles. The van der Waals surface area contributed by atoms with Crippen molar-refractivity contribution in [2.45, 2.75) is 74.4 Å². The van der Waals surface area contributed by atoms with Gasteiger partial charge >= 0.3 is 0 Å². The first-order valence-electron chi connectivity index (χ1n) is 10.6. The van der Waals surface area contributed by atoms with Crippen LogP contribution in [0, 0.1) is 0 Å². The SMILES string of the molecule is O=C(C1(c2ccccc2)CCC(O)CC1)C1(c2ccccc2)CCC(O)CC1. The van der Waals surface area contributed by atoms with E-state index >= 15 is 0 Å². The molecular weight excluding hydrogens is 348 g/mol. The van der Waals surface area contributed by atoms with Crippen LogP contribution < -0.4 is 0 Å². The molecule has 2 saturated carbocycles. The zero-order chi connectivity index (χ0) is 19.6. The molecule has 2 aromatic carbocycles. The van der Waals surface area contributed by atoms with Crippen molar-refractivity contribution in [1.29, 1.82) is 0 Å². The number of aliphatic hydroxyl groups is 2. The van der Waals surface area contributed by atoms with Gasteiger partial charge in [0.1, 0.15) is 0 Å². The summed E-state index contributed by atoms with van der Waals surface area (Å²) in [5.41, 5.74) is 1.04. The molecule has 3 nitrogen and oxygen atoms in total. The predicted molar refractivity (Wildman–Crippen MR) is 110 cm³/mol. The minimum absolute atomic E-state index is 0.288. The van der Waals surface area contributed by atoms with Crippen molar-refractivity contribution in [3.8, 4) is 0 Å². The first-order chi connectivity index (χ1) is 13.6. The normalized spacial score (nSPS) is 33.4. The number of ketones is 1. The van der Waals surface area contributed by atoms with Crippen molar-refractivity contribution >= 4 is 5.78 Å². The molecule has 0 aromatic heterocycles. The molecule has 0 unspecified atom stereocenters. The van der Waals surface area contributed by atoms with Crippen LogP contribution in [0.15, 0.2) is 60.7 Å². The second kappa shape index (κ2) is 7.81. The highest BCUT2D eigenvalue weighted by molar-refractivity contribution is 5.99. The summed E-state index contributed by atoms with van der Waals surface area (Å²) in [6.07, 6.45) is 4.77. The Morgan fingerprint density at radius 3 is 1.29 bits per heavy atom. The topological polar surface area (TPSA) is 57.5 Å². The average molecular weight is 379 g/mol. The van der Waals surface area contributed by atoms with Gasteiger partial charge in [-0.2, -0.15) is 0 Å². The Balaban J connectivity index is 1.81. The van der Waals surface area contributed by atoms with Crippen LogP contribution in [-0.2, 0) is 15.6 Å².